The van der Waals surface area contributed by atoms with Gasteiger partial charge in [-0.3, -0.25) is 4.31 Å². The lowest BCUT2D eigenvalue weighted by Gasteiger charge is -2.24. The molecule has 0 saturated heterocycles. The lowest BCUT2D eigenvalue weighted by atomic mass is 10.1. The van der Waals surface area contributed by atoms with E-state index in [0.29, 0.717) is 29.2 Å². The molecule has 0 amide bonds. The molecule has 31 heavy (non-hydrogen) atoms. The zero-order chi connectivity index (χ0) is 22.8. The standard InChI is InChI=1S/C21H20BrF4NO2S2/c1-14-16-6-2-3-7-19(16)30-20(14)27(31(28,29)11-5-4-10-22)13-15-8-9-18(23)17(12-15)21(24,25)26/h2-3,6-9,12H,4-5,10-11,13H2,1H3. The monoisotopic (exact) mass is 537 g/mol. The third-order valence-electron chi connectivity index (χ3n) is 4.83. The number of nitrogens with zero attached hydrogens (tertiary/aromatic N) is 1. The molecule has 0 aliphatic rings. The van der Waals surface area contributed by atoms with Crippen molar-refractivity contribution in [3.63, 3.8) is 0 Å². The predicted molar refractivity (Wildman–Crippen MR) is 121 cm³/mol. The number of halogens is 5. The second kappa shape index (κ2) is 9.46. The van der Waals surface area contributed by atoms with Crippen molar-refractivity contribution < 1.29 is 26.0 Å². The third-order valence-corrected chi connectivity index (χ3v) is 8.59. The summed E-state index contributed by atoms with van der Waals surface area (Å²) in [7, 11) is -3.83. The first-order valence-corrected chi connectivity index (χ1v) is 13.0. The van der Waals surface area contributed by atoms with Gasteiger partial charge in [-0.15, -0.1) is 11.3 Å². The second-order valence-corrected chi connectivity index (χ2v) is 10.9. The molecular weight excluding hydrogens is 518 g/mol. The Labute approximate surface area is 190 Å². The first-order chi connectivity index (χ1) is 14.5. The van der Waals surface area contributed by atoms with Crippen LogP contribution in [0.15, 0.2) is 42.5 Å². The highest BCUT2D eigenvalue weighted by Crippen LogP contribution is 2.40. The molecule has 1 heterocycles. The summed E-state index contributed by atoms with van der Waals surface area (Å²) in [5.41, 5.74) is -0.604. The number of alkyl halides is 4. The highest BCUT2D eigenvalue weighted by molar-refractivity contribution is 9.09. The second-order valence-electron chi connectivity index (χ2n) is 7.06. The van der Waals surface area contributed by atoms with Crippen LogP contribution in [-0.2, 0) is 22.7 Å². The van der Waals surface area contributed by atoms with Crippen LogP contribution in [0.2, 0.25) is 0 Å². The molecule has 10 heteroatoms. The maximum atomic E-state index is 13.7. The molecule has 3 rings (SSSR count). The van der Waals surface area contributed by atoms with Crippen molar-refractivity contribution in [2.45, 2.75) is 32.5 Å². The molecule has 0 bridgehead atoms. The van der Waals surface area contributed by atoms with E-state index in [-0.39, 0.29) is 17.9 Å². The van der Waals surface area contributed by atoms with E-state index in [9.17, 15) is 26.0 Å². The number of sulfonamides is 1. The summed E-state index contributed by atoms with van der Waals surface area (Å²) in [5.74, 6) is -1.53. The van der Waals surface area contributed by atoms with Crippen LogP contribution in [0.4, 0.5) is 22.6 Å². The number of hydrogen-bond acceptors (Lipinski definition) is 3. The van der Waals surface area contributed by atoms with E-state index in [0.717, 1.165) is 26.0 Å². The molecule has 0 spiro atoms. The molecular formula is C21H20BrF4NO2S2. The summed E-state index contributed by atoms with van der Waals surface area (Å²) in [5, 5.41) is 1.99. The number of unbranched alkanes of at least 4 members (excludes halogenated alkanes) is 1. The fraction of sp³-hybridized carbons (Fsp3) is 0.333. The topological polar surface area (TPSA) is 37.4 Å². The maximum absolute atomic E-state index is 13.7. The summed E-state index contributed by atoms with van der Waals surface area (Å²) in [6.07, 6.45) is -3.81. The van der Waals surface area contributed by atoms with E-state index in [1.165, 1.54) is 17.4 Å². The van der Waals surface area contributed by atoms with Crippen molar-refractivity contribution in [2.75, 3.05) is 15.4 Å². The van der Waals surface area contributed by atoms with Gasteiger partial charge in [-0.2, -0.15) is 13.2 Å². The lowest BCUT2D eigenvalue weighted by molar-refractivity contribution is -0.140. The largest absolute Gasteiger partial charge is 0.419 e. The number of fused-ring (bicyclic) bond motifs is 1. The summed E-state index contributed by atoms with van der Waals surface area (Å²) in [6.45, 7) is 1.48. The van der Waals surface area contributed by atoms with Gasteiger partial charge in [0.15, 0.2) is 0 Å². The molecule has 3 nitrogen and oxygen atoms in total. The van der Waals surface area contributed by atoms with Crippen molar-refractivity contribution >= 4 is 52.4 Å². The smallest absolute Gasteiger partial charge is 0.256 e. The van der Waals surface area contributed by atoms with Crippen LogP contribution < -0.4 is 4.31 Å². The van der Waals surface area contributed by atoms with Gasteiger partial charge < -0.3 is 0 Å². The average Bonchev–Trinajstić information content (AvgIpc) is 3.03. The van der Waals surface area contributed by atoms with Crippen LogP contribution >= 0.6 is 27.3 Å². The summed E-state index contributed by atoms with van der Waals surface area (Å²) < 4.78 is 81.6. The highest BCUT2D eigenvalue weighted by Gasteiger charge is 2.35. The van der Waals surface area contributed by atoms with E-state index < -0.39 is 27.6 Å². The van der Waals surface area contributed by atoms with Gasteiger partial charge in [-0.05, 0) is 54.5 Å². The minimum absolute atomic E-state index is 0.0645. The van der Waals surface area contributed by atoms with Gasteiger partial charge in [0.25, 0.3) is 0 Å². The number of thiophene rings is 1. The van der Waals surface area contributed by atoms with Gasteiger partial charge in [0.2, 0.25) is 10.0 Å². The normalized spacial score (nSPS) is 12.5. The SMILES string of the molecule is Cc1c(N(Cc2ccc(F)c(C(F)(F)F)c2)S(=O)(=O)CCCCBr)sc2ccccc12. The molecule has 2 aromatic carbocycles. The average molecular weight is 538 g/mol. The molecule has 0 aliphatic heterocycles. The Hall–Kier alpha value is -1.65. The van der Waals surface area contributed by atoms with Gasteiger partial charge in [0.05, 0.1) is 17.9 Å². The Balaban J connectivity index is 2.08. The van der Waals surface area contributed by atoms with Crippen molar-refractivity contribution in [3.8, 4) is 0 Å². The fourth-order valence-corrected chi connectivity index (χ4v) is 6.73. The molecule has 0 aliphatic carbocycles. The Morgan fingerprint density at radius 3 is 2.45 bits per heavy atom. The van der Waals surface area contributed by atoms with Crippen molar-refractivity contribution in [1.29, 1.82) is 0 Å². The minimum Gasteiger partial charge on any atom is -0.256 e. The minimum atomic E-state index is -4.87. The van der Waals surface area contributed by atoms with Crippen LogP contribution in [0, 0.1) is 12.7 Å². The Morgan fingerprint density at radius 1 is 1.10 bits per heavy atom. The Morgan fingerprint density at radius 2 is 1.81 bits per heavy atom. The third kappa shape index (κ3) is 5.40. The van der Waals surface area contributed by atoms with E-state index >= 15 is 0 Å². The summed E-state index contributed by atoms with van der Waals surface area (Å²) in [6, 6.07) is 10.0. The summed E-state index contributed by atoms with van der Waals surface area (Å²) >= 11 is 4.54. The van der Waals surface area contributed by atoms with Gasteiger partial charge in [0.1, 0.15) is 10.8 Å². The van der Waals surface area contributed by atoms with Crippen LogP contribution in [-0.4, -0.2) is 19.5 Å². The van der Waals surface area contributed by atoms with E-state index in [1.54, 1.807) is 6.92 Å². The number of benzene rings is 2. The molecule has 3 aromatic rings. The molecule has 0 fully saturated rings. The van der Waals surface area contributed by atoms with E-state index in [4.69, 9.17) is 0 Å². The molecule has 1 aromatic heterocycles. The molecule has 0 radical (unpaired) electrons. The molecule has 0 unspecified atom stereocenters. The van der Waals surface area contributed by atoms with Gasteiger partial charge >= 0.3 is 6.18 Å². The van der Waals surface area contributed by atoms with E-state index in [1.807, 2.05) is 24.3 Å². The van der Waals surface area contributed by atoms with E-state index in [2.05, 4.69) is 15.9 Å². The molecule has 0 saturated carbocycles. The molecule has 168 valence electrons. The Kier molecular flexibility index (Phi) is 7.32. The van der Waals surface area contributed by atoms with Gasteiger partial charge in [0, 0.05) is 10.0 Å². The number of hydrogen-bond donors (Lipinski definition) is 0. The Bertz CT molecular complexity index is 1180. The quantitative estimate of drug-likeness (QED) is 0.178. The lowest BCUT2D eigenvalue weighted by Crippen LogP contribution is -2.32. The van der Waals surface area contributed by atoms with Crippen LogP contribution in [0.3, 0.4) is 0 Å². The highest BCUT2D eigenvalue weighted by atomic mass is 79.9. The van der Waals surface area contributed by atoms with Crippen LogP contribution in [0.25, 0.3) is 10.1 Å². The summed E-state index contributed by atoms with van der Waals surface area (Å²) in [4.78, 5) is 0. The van der Waals surface area contributed by atoms with Gasteiger partial charge in [-0.25, -0.2) is 12.8 Å². The fourth-order valence-electron chi connectivity index (χ4n) is 3.24. The number of rotatable bonds is 8. The zero-order valence-electron chi connectivity index (χ0n) is 16.5. The number of aryl methyl sites for hydroxylation is 1. The van der Waals surface area contributed by atoms with Crippen molar-refractivity contribution in [1.82, 2.24) is 0 Å². The maximum Gasteiger partial charge on any atom is 0.419 e. The van der Waals surface area contributed by atoms with Crippen molar-refractivity contribution in [2.24, 2.45) is 0 Å². The molecule has 0 atom stereocenters. The number of anilines is 1. The zero-order valence-corrected chi connectivity index (χ0v) is 19.8. The molecule has 0 N–H and O–H groups in total. The first kappa shape index (κ1) is 24.0. The van der Waals surface area contributed by atoms with Gasteiger partial charge in [-0.1, -0.05) is 40.2 Å². The van der Waals surface area contributed by atoms with Crippen LogP contribution in [0.5, 0.6) is 0 Å². The first-order valence-electron chi connectivity index (χ1n) is 9.44. The van der Waals surface area contributed by atoms with Crippen LogP contribution in [0.1, 0.15) is 29.5 Å². The predicted octanol–water partition coefficient (Wildman–Crippen LogP) is 6.88. The van der Waals surface area contributed by atoms with Crippen molar-refractivity contribution in [3.05, 3.63) is 65.0 Å².